The van der Waals surface area contributed by atoms with E-state index in [9.17, 15) is 18.0 Å². The number of hydrogen-bond acceptors (Lipinski definition) is 6. The minimum absolute atomic E-state index is 0.0710. The number of rotatable bonds is 5. The van der Waals surface area contributed by atoms with Gasteiger partial charge in [0.15, 0.2) is 5.82 Å². The number of nitrogens with two attached hydrogens (primary N) is 1. The number of aromatic nitrogens is 4. The van der Waals surface area contributed by atoms with E-state index in [1.54, 1.807) is 18.5 Å². The Labute approximate surface area is 154 Å². The van der Waals surface area contributed by atoms with Gasteiger partial charge in [-0.1, -0.05) is 0 Å². The molecule has 0 fully saturated rings. The molecule has 1 aromatic carbocycles. The molecular formula is C16H16N6O4S. The topological polar surface area (TPSA) is 142 Å². The van der Waals surface area contributed by atoms with Gasteiger partial charge < -0.3 is 5.32 Å². The molecule has 3 rings (SSSR count). The van der Waals surface area contributed by atoms with Gasteiger partial charge in [-0.05, 0) is 43.3 Å². The molecule has 0 unspecified atom stereocenters. The van der Waals surface area contributed by atoms with Crippen LogP contribution in [0.5, 0.6) is 0 Å². The van der Waals surface area contributed by atoms with Crippen LogP contribution in [-0.4, -0.2) is 33.9 Å². The third-order valence-electron chi connectivity index (χ3n) is 3.75. The molecule has 0 aliphatic heterocycles. The highest BCUT2D eigenvalue weighted by molar-refractivity contribution is 7.89. The highest BCUT2D eigenvalue weighted by Gasteiger charge is 2.18. The second kappa shape index (κ2) is 7.13. The van der Waals surface area contributed by atoms with Crippen molar-refractivity contribution in [2.45, 2.75) is 17.9 Å². The van der Waals surface area contributed by atoms with E-state index in [0.29, 0.717) is 11.5 Å². The van der Waals surface area contributed by atoms with E-state index in [2.05, 4.69) is 15.5 Å². The van der Waals surface area contributed by atoms with Crippen molar-refractivity contribution < 1.29 is 13.2 Å². The Morgan fingerprint density at radius 3 is 2.48 bits per heavy atom. The van der Waals surface area contributed by atoms with Gasteiger partial charge in [0.25, 0.3) is 5.56 Å². The molecule has 0 aliphatic carbocycles. The average Bonchev–Trinajstić information content (AvgIpc) is 3.16. The molecule has 3 aromatic rings. The summed E-state index contributed by atoms with van der Waals surface area (Å²) in [6.45, 7) is 1.52. The number of primary sulfonamides is 1. The van der Waals surface area contributed by atoms with Gasteiger partial charge in [0.05, 0.1) is 4.90 Å². The van der Waals surface area contributed by atoms with E-state index in [1.165, 1.54) is 48.0 Å². The number of carbonyl (C=O) groups is 1. The molecule has 1 atom stereocenters. The van der Waals surface area contributed by atoms with E-state index < -0.39 is 27.5 Å². The molecule has 0 bridgehead atoms. The minimum atomic E-state index is -3.82. The Morgan fingerprint density at radius 1 is 1.19 bits per heavy atom. The first kappa shape index (κ1) is 18.5. The predicted octanol–water partition coefficient (Wildman–Crippen LogP) is 0.276. The van der Waals surface area contributed by atoms with Crippen molar-refractivity contribution >= 4 is 21.6 Å². The molecule has 0 spiro atoms. The fourth-order valence-electron chi connectivity index (χ4n) is 2.30. The van der Waals surface area contributed by atoms with Crippen molar-refractivity contribution in [3.8, 4) is 5.82 Å². The predicted molar refractivity (Wildman–Crippen MR) is 96.8 cm³/mol. The highest BCUT2D eigenvalue weighted by Crippen LogP contribution is 2.14. The van der Waals surface area contributed by atoms with Crippen LogP contribution < -0.4 is 16.0 Å². The van der Waals surface area contributed by atoms with Gasteiger partial charge in [0.2, 0.25) is 15.9 Å². The summed E-state index contributed by atoms with van der Waals surface area (Å²) in [4.78, 5) is 24.5. The Balaban J connectivity index is 1.81. The number of carbonyl (C=O) groups excluding carboxylic acids is 1. The number of anilines is 1. The van der Waals surface area contributed by atoms with Crippen LogP contribution in [0.1, 0.15) is 13.0 Å². The lowest BCUT2D eigenvalue weighted by atomic mass is 10.2. The Kier molecular flexibility index (Phi) is 4.88. The number of sulfonamides is 1. The van der Waals surface area contributed by atoms with Crippen LogP contribution in [0.4, 0.5) is 5.69 Å². The van der Waals surface area contributed by atoms with Crippen molar-refractivity contribution in [3.05, 3.63) is 65.2 Å². The number of hydrogen-bond donors (Lipinski definition) is 2. The van der Waals surface area contributed by atoms with Crippen molar-refractivity contribution in [2.24, 2.45) is 5.14 Å². The summed E-state index contributed by atoms with van der Waals surface area (Å²) in [5.74, 6) is -0.109. The monoisotopic (exact) mass is 388 g/mol. The fraction of sp³-hybridized carbons (Fsp3) is 0.125. The zero-order valence-corrected chi connectivity index (χ0v) is 15.0. The summed E-state index contributed by atoms with van der Waals surface area (Å²) in [7, 11) is -3.82. The third kappa shape index (κ3) is 4.10. The first-order valence-corrected chi connectivity index (χ1v) is 9.34. The molecule has 140 valence electrons. The maximum absolute atomic E-state index is 12.5. The Hall–Kier alpha value is -3.31. The lowest BCUT2D eigenvalue weighted by Crippen LogP contribution is -2.33. The van der Waals surface area contributed by atoms with Gasteiger partial charge in [-0.2, -0.15) is 5.10 Å². The standard InChI is InChI=1S/C16H16N6O4S/c1-11(16(24)19-12-3-5-13(6-4-12)27(17,25)26)22-15(23)8-7-14(20-22)21-10-2-9-18-21/h2-11H,1H3,(H,19,24)(H2,17,25,26)/t11-/m0/s1. The van der Waals surface area contributed by atoms with Crippen molar-refractivity contribution in [3.63, 3.8) is 0 Å². The van der Waals surface area contributed by atoms with Crippen LogP contribution in [0.25, 0.3) is 5.82 Å². The molecule has 3 N–H and O–H groups in total. The summed E-state index contributed by atoms with van der Waals surface area (Å²) in [5.41, 5.74) is -0.0892. The first-order valence-electron chi connectivity index (χ1n) is 7.79. The van der Waals surface area contributed by atoms with Crippen LogP contribution in [0, 0.1) is 0 Å². The summed E-state index contributed by atoms with van der Waals surface area (Å²) in [6.07, 6.45) is 3.23. The Bertz CT molecular complexity index is 1120. The van der Waals surface area contributed by atoms with Crippen LogP contribution in [0.2, 0.25) is 0 Å². The zero-order valence-electron chi connectivity index (χ0n) is 14.2. The number of nitrogens with zero attached hydrogens (tertiary/aromatic N) is 4. The summed E-state index contributed by atoms with van der Waals surface area (Å²) in [5, 5.41) is 15.8. The SMILES string of the molecule is C[C@@H](C(=O)Nc1ccc(S(N)(=O)=O)cc1)n1nc(-n2cccn2)ccc1=O. The van der Waals surface area contributed by atoms with Gasteiger partial charge >= 0.3 is 0 Å². The molecule has 27 heavy (non-hydrogen) atoms. The van der Waals surface area contributed by atoms with Crippen LogP contribution in [0.15, 0.2) is 64.5 Å². The van der Waals surface area contributed by atoms with Crippen LogP contribution in [0.3, 0.4) is 0 Å². The number of benzene rings is 1. The molecule has 11 heteroatoms. The normalized spacial score (nSPS) is 12.5. The van der Waals surface area contributed by atoms with Crippen molar-refractivity contribution in [2.75, 3.05) is 5.32 Å². The summed E-state index contributed by atoms with van der Waals surface area (Å²) >= 11 is 0. The first-order chi connectivity index (χ1) is 12.8. The van der Waals surface area contributed by atoms with Gasteiger partial charge in [0, 0.05) is 24.1 Å². The van der Waals surface area contributed by atoms with E-state index in [4.69, 9.17) is 5.14 Å². The molecule has 0 radical (unpaired) electrons. The molecule has 0 saturated heterocycles. The number of nitrogens with one attached hydrogen (secondary N) is 1. The van der Waals surface area contributed by atoms with Crippen LogP contribution >= 0.6 is 0 Å². The lowest BCUT2D eigenvalue weighted by molar-refractivity contribution is -0.119. The number of amides is 1. The molecule has 1 amide bonds. The van der Waals surface area contributed by atoms with Crippen molar-refractivity contribution in [1.82, 2.24) is 19.6 Å². The largest absolute Gasteiger partial charge is 0.324 e. The van der Waals surface area contributed by atoms with Gasteiger partial charge in [-0.25, -0.2) is 22.9 Å². The molecule has 10 nitrogen and oxygen atoms in total. The zero-order chi connectivity index (χ0) is 19.6. The maximum Gasteiger partial charge on any atom is 0.267 e. The smallest absolute Gasteiger partial charge is 0.267 e. The average molecular weight is 388 g/mol. The fourth-order valence-corrected chi connectivity index (χ4v) is 2.82. The highest BCUT2D eigenvalue weighted by atomic mass is 32.2. The third-order valence-corrected chi connectivity index (χ3v) is 4.68. The summed E-state index contributed by atoms with van der Waals surface area (Å²) < 4.78 is 25.0. The molecule has 2 heterocycles. The van der Waals surface area contributed by atoms with E-state index >= 15 is 0 Å². The van der Waals surface area contributed by atoms with Gasteiger partial charge in [0.1, 0.15) is 6.04 Å². The maximum atomic E-state index is 12.5. The summed E-state index contributed by atoms with van der Waals surface area (Å²) in [6, 6.07) is 8.96. The second-order valence-electron chi connectivity index (χ2n) is 5.66. The van der Waals surface area contributed by atoms with Gasteiger partial charge in [-0.15, -0.1) is 5.10 Å². The van der Waals surface area contributed by atoms with E-state index in [1.807, 2.05) is 0 Å². The van der Waals surface area contributed by atoms with E-state index in [0.717, 1.165) is 4.68 Å². The molecule has 0 saturated carbocycles. The van der Waals surface area contributed by atoms with E-state index in [-0.39, 0.29) is 4.90 Å². The lowest BCUT2D eigenvalue weighted by Gasteiger charge is -2.15. The molecule has 2 aromatic heterocycles. The molecule has 0 aliphatic rings. The van der Waals surface area contributed by atoms with Crippen molar-refractivity contribution in [1.29, 1.82) is 0 Å². The second-order valence-corrected chi connectivity index (χ2v) is 7.22. The molecular weight excluding hydrogens is 372 g/mol. The minimum Gasteiger partial charge on any atom is -0.324 e. The van der Waals surface area contributed by atoms with Gasteiger partial charge in [-0.3, -0.25) is 9.59 Å². The quantitative estimate of drug-likeness (QED) is 0.643. The Morgan fingerprint density at radius 2 is 1.89 bits per heavy atom. The van der Waals surface area contributed by atoms with Crippen LogP contribution in [-0.2, 0) is 14.8 Å².